The van der Waals surface area contributed by atoms with Gasteiger partial charge in [-0.15, -0.1) is 0 Å². The first-order valence-electron chi connectivity index (χ1n) is 6.93. The van der Waals surface area contributed by atoms with Crippen LogP contribution in [0.25, 0.3) is 0 Å². The number of ether oxygens (including phenoxy) is 1. The van der Waals surface area contributed by atoms with E-state index < -0.39 is 6.10 Å². The van der Waals surface area contributed by atoms with Crippen molar-refractivity contribution in [3.05, 3.63) is 23.9 Å². The molecule has 0 radical (unpaired) electrons. The molecule has 6 heteroatoms. The SMILES string of the molecule is CCOC(=O)N1CCN(c2ncccc2C(C)O)CC1. The quantitative estimate of drug-likeness (QED) is 0.906. The van der Waals surface area contributed by atoms with Crippen molar-refractivity contribution in [2.24, 2.45) is 0 Å². The van der Waals surface area contributed by atoms with Crippen LogP contribution in [-0.4, -0.2) is 53.9 Å². The molecule has 2 heterocycles. The van der Waals surface area contributed by atoms with E-state index in [1.165, 1.54) is 0 Å². The molecule has 1 fully saturated rings. The van der Waals surface area contributed by atoms with E-state index in [0.29, 0.717) is 32.8 Å². The van der Waals surface area contributed by atoms with Crippen LogP contribution in [0, 0.1) is 0 Å². The second kappa shape index (κ2) is 6.56. The molecule has 0 saturated carbocycles. The molecule has 1 aromatic rings. The lowest BCUT2D eigenvalue weighted by molar-refractivity contribution is 0.105. The van der Waals surface area contributed by atoms with Gasteiger partial charge in [-0.2, -0.15) is 0 Å². The first-order chi connectivity index (χ1) is 9.63. The Balaban J connectivity index is 2.02. The van der Waals surface area contributed by atoms with Gasteiger partial charge in [-0.1, -0.05) is 6.07 Å². The molecule has 110 valence electrons. The van der Waals surface area contributed by atoms with Gasteiger partial charge in [0.2, 0.25) is 0 Å². The molecule has 1 aromatic heterocycles. The summed E-state index contributed by atoms with van der Waals surface area (Å²) >= 11 is 0. The third-order valence-electron chi connectivity index (χ3n) is 3.37. The number of hydrogen-bond acceptors (Lipinski definition) is 5. The smallest absolute Gasteiger partial charge is 0.409 e. The number of aromatic nitrogens is 1. The van der Waals surface area contributed by atoms with Crippen LogP contribution in [-0.2, 0) is 4.74 Å². The second-order valence-corrected chi connectivity index (χ2v) is 4.77. The Hall–Kier alpha value is -1.82. The Bertz CT molecular complexity index is 457. The first-order valence-corrected chi connectivity index (χ1v) is 6.93. The maximum atomic E-state index is 11.6. The summed E-state index contributed by atoms with van der Waals surface area (Å²) in [6.07, 6.45) is 0.907. The molecule has 20 heavy (non-hydrogen) atoms. The second-order valence-electron chi connectivity index (χ2n) is 4.77. The number of carbonyl (C=O) groups excluding carboxylic acids is 1. The zero-order valence-electron chi connectivity index (χ0n) is 12.0. The predicted molar refractivity (Wildman–Crippen MR) is 75.7 cm³/mol. The van der Waals surface area contributed by atoms with Crippen LogP contribution in [0.5, 0.6) is 0 Å². The summed E-state index contributed by atoms with van der Waals surface area (Å²) in [5.41, 5.74) is 0.817. The van der Waals surface area contributed by atoms with Gasteiger partial charge in [-0.05, 0) is 19.9 Å². The van der Waals surface area contributed by atoms with Crippen molar-refractivity contribution in [3.63, 3.8) is 0 Å². The van der Waals surface area contributed by atoms with Crippen molar-refractivity contribution in [2.45, 2.75) is 20.0 Å². The molecule has 0 bridgehead atoms. The Morgan fingerprint density at radius 1 is 1.45 bits per heavy atom. The largest absolute Gasteiger partial charge is 0.450 e. The van der Waals surface area contributed by atoms with Gasteiger partial charge in [0, 0.05) is 37.9 Å². The fourth-order valence-corrected chi connectivity index (χ4v) is 2.32. The summed E-state index contributed by atoms with van der Waals surface area (Å²) in [6, 6.07) is 3.70. The summed E-state index contributed by atoms with van der Waals surface area (Å²) in [6.45, 7) is 6.52. The number of carbonyl (C=O) groups is 1. The lowest BCUT2D eigenvalue weighted by atomic mass is 10.1. The number of piperazine rings is 1. The molecule has 6 nitrogen and oxygen atoms in total. The Morgan fingerprint density at radius 3 is 2.75 bits per heavy atom. The lowest BCUT2D eigenvalue weighted by Crippen LogP contribution is -2.49. The number of nitrogens with zero attached hydrogens (tertiary/aromatic N) is 3. The van der Waals surface area contributed by atoms with Crippen LogP contribution in [0.15, 0.2) is 18.3 Å². The summed E-state index contributed by atoms with van der Waals surface area (Å²) in [7, 11) is 0. The summed E-state index contributed by atoms with van der Waals surface area (Å²) in [4.78, 5) is 19.8. The summed E-state index contributed by atoms with van der Waals surface area (Å²) < 4.78 is 5.00. The number of amides is 1. The van der Waals surface area contributed by atoms with Crippen LogP contribution in [0.1, 0.15) is 25.5 Å². The van der Waals surface area contributed by atoms with E-state index in [-0.39, 0.29) is 6.09 Å². The lowest BCUT2D eigenvalue weighted by Gasteiger charge is -2.35. The number of pyridine rings is 1. The monoisotopic (exact) mass is 279 g/mol. The fraction of sp³-hybridized carbons (Fsp3) is 0.571. The molecule has 1 aliphatic heterocycles. The molecule has 1 saturated heterocycles. The number of hydrogen-bond donors (Lipinski definition) is 1. The van der Waals surface area contributed by atoms with Gasteiger partial charge < -0.3 is 19.6 Å². The van der Waals surface area contributed by atoms with Crippen molar-refractivity contribution in [1.29, 1.82) is 0 Å². The summed E-state index contributed by atoms with van der Waals surface area (Å²) in [5.74, 6) is 0.797. The highest BCUT2D eigenvalue weighted by molar-refractivity contribution is 5.68. The Labute approximate surface area is 119 Å². The zero-order chi connectivity index (χ0) is 14.5. The van der Waals surface area contributed by atoms with Crippen LogP contribution >= 0.6 is 0 Å². The average molecular weight is 279 g/mol. The first kappa shape index (κ1) is 14.6. The van der Waals surface area contributed by atoms with Gasteiger partial charge in [0.25, 0.3) is 0 Å². The topological polar surface area (TPSA) is 65.9 Å². The van der Waals surface area contributed by atoms with E-state index >= 15 is 0 Å². The van der Waals surface area contributed by atoms with Gasteiger partial charge in [0.1, 0.15) is 5.82 Å². The third kappa shape index (κ3) is 3.19. The Kier molecular flexibility index (Phi) is 4.79. The molecule has 0 aliphatic carbocycles. The van der Waals surface area contributed by atoms with Gasteiger partial charge in [0.15, 0.2) is 0 Å². The van der Waals surface area contributed by atoms with Crippen molar-refractivity contribution >= 4 is 11.9 Å². The number of aliphatic hydroxyl groups excluding tert-OH is 1. The Morgan fingerprint density at radius 2 is 2.15 bits per heavy atom. The van der Waals surface area contributed by atoms with E-state index in [2.05, 4.69) is 9.88 Å². The van der Waals surface area contributed by atoms with Crippen molar-refractivity contribution in [2.75, 3.05) is 37.7 Å². The molecular formula is C14H21N3O3. The minimum Gasteiger partial charge on any atom is -0.450 e. The molecule has 2 rings (SSSR count). The molecule has 1 atom stereocenters. The van der Waals surface area contributed by atoms with Gasteiger partial charge >= 0.3 is 6.09 Å². The molecular weight excluding hydrogens is 258 g/mol. The standard InChI is InChI=1S/C14H21N3O3/c1-3-20-14(19)17-9-7-16(8-10-17)13-12(11(2)18)5-4-6-15-13/h4-6,11,18H,3,7-10H2,1-2H3. The zero-order valence-corrected chi connectivity index (χ0v) is 12.0. The highest BCUT2D eigenvalue weighted by Crippen LogP contribution is 2.24. The van der Waals surface area contributed by atoms with Crippen molar-refractivity contribution in [3.8, 4) is 0 Å². The van der Waals surface area contributed by atoms with Crippen LogP contribution in [0.4, 0.5) is 10.6 Å². The van der Waals surface area contributed by atoms with Crippen molar-refractivity contribution < 1.29 is 14.6 Å². The number of anilines is 1. The molecule has 0 spiro atoms. The van der Waals surface area contributed by atoms with Crippen molar-refractivity contribution in [1.82, 2.24) is 9.88 Å². The van der Waals surface area contributed by atoms with E-state index in [4.69, 9.17) is 4.74 Å². The van der Waals surface area contributed by atoms with E-state index in [0.717, 1.165) is 11.4 Å². The van der Waals surface area contributed by atoms with E-state index in [9.17, 15) is 9.90 Å². The minimum absolute atomic E-state index is 0.260. The van der Waals surface area contributed by atoms with E-state index in [1.807, 2.05) is 12.1 Å². The fourth-order valence-electron chi connectivity index (χ4n) is 2.32. The minimum atomic E-state index is -0.554. The molecule has 1 amide bonds. The molecule has 1 aliphatic rings. The van der Waals surface area contributed by atoms with Gasteiger partial charge in [-0.25, -0.2) is 9.78 Å². The van der Waals surface area contributed by atoms with Gasteiger partial charge in [-0.3, -0.25) is 0 Å². The number of rotatable bonds is 3. The molecule has 1 unspecified atom stereocenters. The highest BCUT2D eigenvalue weighted by Gasteiger charge is 2.24. The maximum Gasteiger partial charge on any atom is 0.409 e. The maximum absolute atomic E-state index is 11.6. The van der Waals surface area contributed by atoms with Gasteiger partial charge in [0.05, 0.1) is 12.7 Å². The van der Waals surface area contributed by atoms with Crippen LogP contribution in [0.3, 0.4) is 0 Å². The highest BCUT2D eigenvalue weighted by atomic mass is 16.6. The normalized spacial score (nSPS) is 16.9. The molecule has 0 aromatic carbocycles. The predicted octanol–water partition coefficient (Wildman–Crippen LogP) is 1.41. The van der Waals surface area contributed by atoms with Crippen LogP contribution in [0.2, 0.25) is 0 Å². The molecule has 1 N–H and O–H groups in total. The third-order valence-corrected chi connectivity index (χ3v) is 3.37. The number of aliphatic hydroxyl groups is 1. The van der Waals surface area contributed by atoms with E-state index in [1.54, 1.807) is 24.9 Å². The average Bonchev–Trinajstić information content (AvgIpc) is 2.47. The summed E-state index contributed by atoms with van der Waals surface area (Å²) in [5, 5.41) is 9.79. The van der Waals surface area contributed by atoms with Crippen LogP contribution < -0.4 is 4.90 Å².